The van der Waals surface area contributed by atoms with Gasteiger partial charge in [0.15, 0.2) is 0 Å². The minimum Gasteiger partial charge on any atom is -0.349 e. The van der Waals surface area contributed by atoms with Crippen LogP contribution in [0.25, 0.3) is 0 Å². The largest absolute Gasteiger partial charge is 0.349 e. The second kappa shape index (κ2) is 9.25. The van der Waals surface area contributed by atoms with Crippen molar-refractivity contribution in [3.05, 3.63) is 83.8 Å². The second-order valence-electron chi connectivity index (χ2n) is 8.11. The third-order valence-corrected chi connectivity index (χ3v) is 6.01. The van der Waals surface area contributed by atoms with Crippen molar-refractivity contribution < 1.29 is 9.18 Å². The van der Waals surface area contributed by atoms with Crippen LogP contribution >= 0.6 is 0 Å². The lowest BCUT2D eigenvalue weighted by atomic mass is 9.85. The van der Waals surface area contributed by atoms with Crippen LogP contribution in [0.3, 0.4) is 0 Å². The van der Waals surface area contributed by atoms with Gasteiger partial charge in [-0.05, 0) is 56.0 Å². The first-order valence-corrected chi connectivity index (χ1v) is 10.7. The van der Waals surface area contributed by atoms with E-state index in [0.29, 0.717) is 18.9 Å². The summed E-state index contributed by atoms with van der Waals surface area (Å²) in [7, 11) is 0. The molecule has 0 amide bonds. The molecule has 3 aromatic rings. The Morgan fingerprint density at radius 3 is 2.58 bits per heavy atom. The molecule has 0 radical (unpaired) electrons. The molecule has 6 heteroatoms. The average Bonchev–Trinajstić information content (AvgIpc) is 2.80. The summed E-state index contributed by atoms with van der Waals surface area (Å²) in [6.07, 6.45) is 3.22. The Hall–Kier alpha value is -3.28. The molecule has 1 aliphatic rings. The molecule has 160 valence electrons. The first-order valence-electron chi connectivity index (χ1n) is 10.7. The molecule has 1 fully saturated rings. The Kier molecular flexibility index (Phi) is 6.26. The van der Waals surface area contributed by atoms with Gasteiger partial charge in [0.2, 0.25) is 5.95 Å². The number of benzene rings is 2. The van der Waals surface area contributed by atoms with Gasteiger partial charge in [-0.3, -0.25) is 4.79 Å². The SMILES string of the molecule is CC(=O)C1CCN(c2ccnc(N[C@@H](C)c3ccccc3)n2)C(c2ccc(F)cc2)C1. The molecule has 0 aliphatic carbocycles. The summed E-state index contributed by atoms with van der Waals surface area (Å²) in [5, 5.41) is 3.37. The molecule has 0 bridgehead atoms. The maximum atomic E-state index is 13.5. The van der Waals surface area contributed by atoms with Crippen molar-refractivity contribution in [1.82, 2.24) is 9.97 Å². The number of piperidine rings is 1. The summed E-state index contributed by atoms with van der Waals surface area (Å²) in [6.45, 7) is 4.43. The molecular weight excluding hydrogens is 391 g/mol. The number of halogens is 1. The summed E-state index contributed by atoms with van der Waals surface area (Å²) in [5.41, 5.74) is 2.14. The van der Waals surface area contributed by atoms with E-state index in [1.807, 2.05) is 24.3 Å². The molecule has 1 aliphatic heterocycles. The molecule has 1 N–H and O–H groups in total. The Morgan fingerprint density at radius 2 is 1.87 bits per heavy atom. The van der Waals surface area contributed by atoms with Crippen LogP contribution in [0.2, 0.25) is 0 Å². The number of ketones is 1. The highest BCUT2D eigenvalue weighted by Gasteiger charge is 2.32. The summed E-state index contributed by atoms with van der Waals surface area (Å²) in [6, 6.07) is 18.6. The summed E-state index contributed by atoms with van der Waals surface area (Å²) < 4.78 is 13.5. The molecule has 0 saturated carbocycles. The minimum absolute atomic E-state index is 0.00355. The van der Waals surface area contributed by atoms with Crippen molar-refractivity contribution in [2.45, 2.75) is 38.8 Å². The monoisotopic (exact) mass is 418 g/mol. The molecule has 31 heavy (non-hydrogen) atoms. The predicted octanol–water partition coefficient (Wildman–Crippen LogP) is 5.34. The lowest BCUT2D eigenvalue weighted by Gasteiger charge is -2.40. The Bertz CT molecular complexity index is 1030. The van der Waals surface area contributed by atoms with Gasteiger partial charge in [-0.25, -0.2) is 9.37 Å². The van der Waals surface area contributed by atoms with Gasteiger partial charge >= 0.3 is 0 Å². The number of hydrogen-bond donors (Lipinski definition) is 1. The quantitative estimate of drug-likeness (QED) is 0.586. The fourth-order valence-electron chi connectivity index (χ4n) is 4.21. The maximum absolute atomic E-state index is 13.5. The summed E-state index contributed by atoms with van der Waals surface area (Å²) in [5.74, 6) is 1.30. The second-order valence-corrected chi connectivity index (χ2v) is 8.11. The van der Waals surface area contributed by atoms with E-state index in [1.54, 1.807) is 25.3 Å². The number of hydrogen-bond acceptors (Lipinski definition) is 5. The Labute approximate surface area is 182 Å². The fraction of sp³-hybridized carbons (Fsp3) is 0.320. The number of nitrogens with one attached hydrogen (secondary N) is 1. The molecule has 2 aromatic carbocycles. The van der Waals surface area contributed by atoms with Crippen LogP contribution in [0.4, 0.5) is 16.2 Å². The standard InChI is InChI=1S/C25H27FN4O/c1-17(19-6-4-3-5-7-19)28-25-27-14-12-24(29-25)30-15-13-21(18(2)31)16-23(30)20-8-10-22(26)11-9-20/h3-12,14,17,21,23H,13,15-16H2,1-2H3,(H,27,28,29)/t17-,21?,23?/m0/s1. The first kappa shape index (κ1) is 21.0. The number of aromatic nitrogens is 2. The summed E-state index contributed by atoms with van der Waals surface area (Å²) >= 11 is 0. The van der Waals surface area contributed by atoms with Crippen molar-refractivity contribution in [3.63, 3.8) is 0 Å². The molecule has 5 nitrogen and oxygen atoms in total. The van der Waals surface area contributed by atoms with Crippen molar-refractivity contribution in [2.24, 2.45) is 5.92 Å². The van der Waals surface area contributed by atoms with Gasteiger partial charge in [-0.1, -0.05) is 42.5 Å². The molecule has 1 saturated heterocycles. The molecule has 4 rings (SSSR count). The van der Waals surface area contributed by atoms with E-state index < -0.39 is 0 Å². The van der Waals surface area contributed by atoms with E-state index in [-0.39, 0.29) is 29.6 Å². The van der Waals surface area contributed by atoms with Crippen LogP contribution in [0.15, 0.2) is 66.9 Å². The van der Waals surface area contributed by atoms with Gasteiger partial charge in [0.25, 0.3) is 0 Å². The lowest BCUT2D eigenvalue weighted by Crippen LogP contribution is -2.39. The van der Waals surface area contributed by atoms with Crippen LogP contribution in [0, 0.1) is 11.7 Å². The van der Waals surface area contributed by atoms with Crippen molar-refractivity contribution in [1.29, 1.82) is 0 Å². The van der Waals surface area contributed by atoms with E-state index >= 15 is 0 Å². The van der Waals surface area contributed by atoms with Gasteiger partial charge in [0, 0.05) is 18.7 Å². The molecule has 2 unspecified atom stereocenters. The van der Waals surface area contributed by atoms with Crippen molar-refractivity contribution in [3.8, 4) is 0 Å². The van der Waals surface area contributed by atoms with Crippen LogP contribution in [0.1, 0.15) is 49.9 Å². The van der Waals surface area contributed by atoms with Gasteiger partial charge in [0.05, 0.1) is 12.1 Å². The average molecular weight is 419 g/mol. The Morgan fingerprint density at radius 1 is 1.13 bits per heavy atom. The van der Waals surface area contributed by atoms with E-state index in [4.69, 9.17) is 4.98 Å². The number of rotatable bonds is 6. The zero-order valence-electron chi connectivity index (χ0n) is 17.8. The van der Waals surface area contributed by atoms with Crippen molar-refractivity contribution in [2.75, 3.05) is 16.8 Å². The Balaban J connectivity index is 1.59. The number of nitrogens with zero attached hydrogens (tertiary/aromatic N) is 3. The van der Waals surface area contributed by atoms with Crippen LogP contribution < -0.4 is 10.2 Å². The molecule has 1 aromatic heterocycles. The first-order chi connectivity index (χ1) is 15.0. The third kappa shape index (κ3) is 4.90. The molecule has 2 heterocycles. The van der Waals surface area contributed by atoms with Crippen LogP contribution in [0.5, 0.6) is 0 Å². The smallest absolute Gasteiger partial charge is 0.225 e. The molecular formula is C25H27FN4O. The van der Waals surface area contributed by atoms with E-state index in [2.05, 4.69) is 34.3 Å². The highest BCUT2D eigenvalue weighted by atomic mass is 19.1. The minimum atomic E-state index is -0.266. The fourth-order valence-corrected chi connectivity index (χ4v) is 4.21. The summed E-state index contributed by atoms with van der Waals surface area (Å²) in [4.78, 5) is 23.4. The number of anilines is 2. The number of Topliss-reactive ketones (excluding diaryl/α,β-unsaturated/α-hetero) is 1. The van der Waals surface area contributed by atoms with Crippen molar-refractivity contribution >= 4 is 17.5 Å². The van der Waals surface area contributed by atoms with E-state index in [0.717, 1.165) is 23.4 Å². The van der Waals surface area contributed by atoms with Gasteiger partial charge in [-0.15, -0.1) is 0 Å². The van der Waals surface area contributed by atoms with Crippen LogP contribution in [-0.4, -0.2) is 22.3 Å². The van der Waals surface area contributed by atoms with E-state index in [9.17, 15) is 9.18 Å². The van der Waals surface area contributed by atoms with Gasteiger partial charge < -0.3 is 10.2 Å². The number of carbonyl (C=O) groups excluding carboxylic acids is 1. The van der Waals surface area contributed by atoms with Crippen LogP contribution in [-0.2, 0) is 4.79 Å². The topological polar surface area (TPSA) is 58.1 Å². The van der Waals surface area contributed by atoms with Gasteiger partial charge in [0.1, 0.15) is 17.4 Å². The molecule has 3 atom stereocenters. The highest BCUT2D eigenvalue weighted by Crippen LogP contribution is 2.37. The zero-order chi connectivity index (χ0) is 21.8. The zero-order valence-corrected chi connectivity index (χ0v) is 17.8. The predicted molar refractivity (Wildman–Crippen MR) is 120 cm³/mol. The number of carbonyl (C=O) groups is 1. The normalized spacial score (nSPS) is 19.6. The van der Waals surface area contributed by atoms with Gasteiger partial charge in [-0.2, -0.15) is 4.98 Å². The maximum Gasteiger partial charge on any atom is 0.225 e. The third-order valence-electron chi connectivity index (χ3n) is 6.01. The lowest BCUT2D eigenvalue weighted by molar-refractivity contribution is -0.121. The molecule has 0 spiro atoms. The van der Waals surface area contributed by atoms with E-state index in [1.165, 1.54) is 12.1 Å². The highest BCUT2D eigenvalue weighted by molar-refractivity contribution is 5.78.